The summed E-state index contributed by atoms with van der Waals surface area (Å²) >= 11 is 0. The van der Waals surface area contributed by atoms with Gasteiger partial charge in [-0.2, -0.15) is 0 Å². The molecule has 1 N–H and O–H groups in total. The molecule has 0 atom stereocenters. The molecular weight excluding hydrogens is 262 g/mol. The molecule has 0 radical (unpaired) electrons. The van der Waals surface area contributed by atoms with E-state index in [0.29, 0.717) is 18.5 Å². The zero-order valence-electron chi connectivity index (χ0n) is 12.8. The molecule has 1 fully saturated rings. The third-order valence-electron chi connectivity index (χ3n) is 4.28. The second-order valence-electron chi connectivity index (χ2n) is 6.29. The molecule has 0 unspecified atom stereocenters. The number of hydrogen-bond acceptors (Lipinski definition) is 2. The van der Waals surface area contributed by atoms with Crippen LogP contribution in [0.15, 0.2) is 24.5 Å². The number of hydrogen-bond donors (Lipinski definition) is 1. The third-order valence-corrected chi connectivity index (χ3v) is 4.28. The van der Waals surface area contributed by atoms with Crippen LogP contribution in [-0.2, 0) is 11.2 Å². The van der Waals surface area contributed by atoms with Crippen molar-refractivity contribution in [2.24, 2.45) is 0 Å². The highest BCUT2D eigenvalue weighted by atomic mass is 16.1. The summed E-state index contributed by atoms with van der Waals surface area (Å²) in [5.41, 5.74) is 3.13. The quantitative estimate of drug-likeness (QED) is 0.937. The van der Waals surface area contributed by atoms with Crippen LogP contribution < -0.4 is 5.32 Å². The van der Waals surface area contributed by atoms with Gasteiger partial charge in [-0.1, -0.05) is 18.9 Å². The fourth-order valence-electron chi connectivity index (χ4n) is 3.13. The average Bonchev–Trinajstić information content (AvgIpc) is 3.06. The van der Waals surface area contributed by atoms with Gasteiger partial charge in [-0.05, 0) is 44.4 Å². The summed E-state index contributed by atoms with van der Waals surface area (Å²) in [6.45, 7) is 4.29. The molecule has 1 aliphatic carbocycles. The minimum atomic E-state index is 0.129. The Morgan fingerprint density at radius 1 is 1.38 bits per heavy atom. The van der Waals surface area contributed by atoms with Gasteiger partial charge in [0.25, 0.3) is 0 Å². The lowest BCUT2D eigenvalue weighted by atomic mass is 10.1. The second kappa shape index (κ2) is 5.88. The van der Waals surface area contributed by atoms with Gasteiger partial charge in [0.1, 0.15) is 0 Å². The molecule has 112 valence electrons. The minimum absolute atomic E-state index is 0.129. The van der Waals surface area contributed by atoms with Crippen LogP contribution in [0.25, 0.3) is 11.0 Å². The first-order chi connectivity index (χ1) is 10.1. The first-order valence-electron chi connectivity index (χ1n) is 7.88. The fraction of sp³-hybridized carbons (Fsp3) is 0.529. The summed E-state index contributed by atoms with van der Waals surface area (Å²) in [4.78, 5) is 16.5. The largest absolute Gasteiger partial charge is 0.353 e. The molecule has 1 aromatic heterocycles. The fourth-order valence-corrected chi connectivity index (χ4v) is 3.13. The monoisotopic (exact) mass is 285 g/mol. The van der Waals surface area contributed by atoms with Gasteiger partial charge in [0.15, 0.2) is 0 Å². The molecule has 3 rings (SSSR count). The van der Waals surface area contributed by atoms with Crippen molar-refractivity contribution in [2.45, 2.75) is 58.0 Å². The van der Waals surface area contributed by atoms with Crippen LogP contribution in [0.3, 0.4) is 0 Å². The van der Waals surface area contributed by atoms with Gasteiger partial charge in [-0.3, -0.25) is 4.79 Å². The van der Waals surface area contributed by atoms with Crippen LogP contribution >= 0.6 is 0 Å². The Labute approximate surface area is 125 Å². The van der Waals surface area contributed by atoms with E-state index in [9.17, 15) is 4.79 Å². The molecule has 4 heteroatoms. The Balaban J connectivity index is 1.71. The number of imidazole rings is 1. The van der Waals surface area contributed by atoms with E-state index in [1.54, 1.807) is 0 Å². The molecule has 1 heterocycles. The van der Waals surface area contributed by atoms with Gasteiger partial charge >= 0.3 is 0 Å². The van der Waals surface area contributed by atoms with Gasteiger partial charge in [-0.25, -0.2) is 4.98 Å². The van der Waals surface area contributed by atoms with E-state index in [2.05, 4.69) is 34.8 Å². The normalized spacial score (nSPS) is 16.0. The Bertz CT molecular complexity index is 639. The number of nitrogens with one attached hydrogen (secondary N) is 1. The number of carbonyl (C=O) groups excluding carboxylic acids is 1. The number of amides is 1. The van der Waals surface area contributed by atoms with Crippen molar-refractivity contribution in [1.29, 1.82) is 0 Å². The molecule has 1 aliphatic rings. The van der Waals surface area contributed by atoms with Crippen molar-refractivity contribution in [3.63, 3.8) is 0 Å². The molecule has 1 aromatic carbocycles. The van der Waals surface area contributed by atoms with E-state index in [1.807, 2.05) is 18.5 Å². The van der Waals surface area contributed by atoms with E-state index < -0.39 is 0 Å². The Kier molecular flexibility index (Phi) is 3.95. The lowest BCUT2D eigenvalue weighted by molar-refractivity contribution is -0.121. The van der Waals surface area contributed by atoms with Crippen molar-refractivity contribution in [2.75, 3.05) is 0 Å². The number of rotatable bonds is 4. The zero-order chi connectivity index (χ0) is 14.8. The van der Waals surface area contributed by atoms with E-state index in [0.717, 1.165) is 29.4 Å². The SMILES string of the molecule is CC(C)n1cnc2cc(CC(=O)NC3CCCC3)ccc21. The predicted molar refractivity (Wildman–Crippen MR) is 84.2 cm³/mol. The molecule has 1 amide bonds. The smallest absolute Gasteiger partial charge is 0.224 e. The van der Waals surface area contributed by atoms with Crippen LogP contribution in [0, 0.1) is 0 Å². The second-order valence-corrected chi connectivity index (χ2v) is 6.29. The third kappa shape index (κ3) is 3.09. The summed E-state index contributed by atoms with van der Waals surface area (Å²) in [5, 5.41) is 3.13. The van der Waals surface area contributed by atoms with Gasteiger partial charge in [-0.15, -0.1) is 0 Å². The predicted octanol–water partition coefficient (Wildman–Crippen LogP) is 3.22. The number of aromatic nitrogens is 2. The number of fused-ring (bicyclic) bond motifs is 1. The summed E-state index contributed by atoms with van der Waals surface area (Å²) in [5.74, 6) is 0.129. The maximum absolute atomic E-state index is 12.1. The van der Waals surface area contributed by atoms with Crippen LogP contribution in [0.2, 0.25) is 0 Å². The summed E-state index contributed by atoms with van der Waals surface area (Å²) in [6, 6.07) is 6.92. The van der Waals surface area contributed by atoms with Crippen LogP contribution in [0.4, 0.5) is 0 Å². The lowest BCUT2D eigenvalue weighted by Gasteiger charge is -2.12. The van der Waals surface area contributed by atoms with Crippen molar-refractivity contribution >= 4 is 16.9 Å². The van der Waals surface area contributed by atoms with Crippen molar-refractivity contribution in [3.8, 4) is 0 Å². The van der Waals surface area contributed by atoms with E-state index in [4.69, 9.17) is 0 Å². The molecule has 4 nitrogen and oxygen atoms in total. The van der Waals surface area contributed by atoms with E-state index >= 15 is 0 Å². The van der Waals surface area contributed by atoms with Crippen LogP contribution in [0.5, 0.6) is 0 Å². The number of carbonyl (C=O) groups is 1. The highest BCUT2D eigenvalue weighted by molar-refractivity contribution is 5.82. The Hall–Kier alpha value is -1.84. The highest BCUT2D eigenvalue weighted by Gasteiger charge is 2.17. The first-order valence-corrected chi connectivity index (χ1v) is 7.88. The summed E-state index contributed by atoms with van der Waals surface area (Å²) in [7, 11) is 0. The molecule has 0 aliphatic heterocycles. The van der Waals surface area contributed by atoms with Crippen LogP contribution in [-0.4, -0.2) is 21.5 Å². The van der Waals surface area contributed by atoms with E-state index in [-0.39, 0.29) is 5.91 Å². The number of benzene rings is 1. The number of nitrogens with zero attached hydrogens (tertiary/aromatic N) is 2. The Morgan fingerprint density at radius 2 is 2.14 bits per heavy atom. The molecule has 0 bridgehead atoms. The summed E-state index contributed by atoms with van der Waals surface area (Å²) < 4.78 is 2.15. The topological polar surface area (TPSA) is 46.9 Å². The van der Waals surface area contributed by atoms with Crippen molar-refractivity contribution in [3.05, 3.63) is 30.1 Å². The highest BCUT2D eigenvalue weighted by Crippen LogP contribution is 2.20. The molecule has 21 heavy (non-hydrogen) atoms. The molecule has 2 aromatic rings. The molecule has 0 saturated heterocycles. The average molecular weight is 285 g/mol. The minimum Gasteiger partial charge on any atom is -0.353 e. The summed E-state index contributed by atoms with van der Waals surface area (Å²) in [6.07, 6.45) is 7.05. The molecular formula is C17H23N3O. The maximum Gasteiger partial charge on any atom is 0.224 e. The molecule has 0 spiro atoms. The zero-order valence-corrected chi connectivity index (χ0v) is 12.8. The molecule has 1 saturated carbocycles. The standard InChI is InChI=1S/C17H23N3O/c1-12(2)20-11-18-15-9-13(7-8-16(15)20)10-17(21)19-14-5-3-4-6-14/h7-9,11-12,14H,3-6,10H2,1-2H3,(H,19,21). The maximum atomic E-state index is 12.1. The van der Waals surface area contributed by atoms with Crippen molar-refractivity contribution in [1.82, 2.24) is 14.9 Å². The van der Waals surface area contributed by atoms with Gasteiger partial charge in [0, 0.05) is 12.1 Å². The van der Waals surface area contributed by atoms with Crippen molar-refractivity contribution < 1.29 is 4.79 Å². The first kappa shape index (κ1) is 14.1. The van der Waals surface area contributed by atoms with Gasteiger partial charge in [0.05, 0.1) is 23.8 Å². The Morgan fingerprint density at radius 3 is 2.86 bits per heavy atom. The lowest BCUT2D eigenvalue weighted by Crippen LogP contribution is -2.33. The van der Waals surface area contributed by atoms with Gasteiger partial charge in [0.2, 0.25) is 5.91 Å². The van der Waals surface area contributed by atoms with Crippen LogP contribution in [0.1, 0.15) is 51.1 Å². The van der Waals surface area contributed by atoms with Gasteiger partial charge < -0.3 is 9.88 Å². The van der Waals surface area contributed by atoms with E-state index in [1.165, 1.54) is 12.8 Å².